The maximum atomic E-state index is 6.73. The van der Waals surface area contributed by atoms with E-state index in [1.54, 1.807) is 11.1 Å². The quantitative estimate of drug-likeness (QED) is 0.283. The fourth-order valence-corrected chi connectivity index (χ4v) is 17.8. The third kappa shape index (κ3) is 5.35. The molecule has 0 radical (unpaired) electrons. The molecule has 2 saturated carbocycles. The van der Waals surface area contributed by atoms with Crippen molar-refractivity contribution < 1.29 is 4.74 Å². The van der Waals surface area contributed by atoms with Gasteiger partial charge in [-0.3, -0.25) is 4.90 Å². The number of nitrogens with zero attached hydrogens (tertiary/aromatic N) is 2. The van der Waals surface area contributed by atoms with Gasteiger partial charge >= 0.3 is 0 Å². The summed E-state index contributed by atoms with van der Waals surface area (Å²) in [6, 6.07) is 13.8. The first-order chi connectivity index (χ1) is 28.1. The molecule has 58 heavy (non-hydrogen) atoms. The molecule has 11 aliphatic rings. The van der Waals surface area contributed by atoms with Crippen molar-refractivity contribution in [3.05, 3.63) is 105 Å². The van der Waals surface area contributed by atoms with Crippen LogP contribution in [0.1, 0.15) is 155 Å². The summed E-state index contributed by atoms with van der Waals surface area (Å²) in [7, 11) is 0. The molecule has 6 aliphatic carbocycles. The summed E-state index contributed by atoms with van der Waals surface area (Å²) in [6.45, 7) is 13.9. The molecule has 3 saturated heterocycles. The molecule has 3 nitrogen and oxygen atoms in total. The van der Waals surface area contributed by atoms with Crippen LogP contribution in [0.5, 0.6) is 0 Å². The van der Waals surface area contributed by atoms with Crippen LogP contribution in [0.4, 0.5) is 0 Å². The van der Waals surface area contributed by atoms with Crippen molar-refractivity contribution in [2.24, 2.45) is 22.7 Å². The molecule has 1 aromatic rings. The van der Waals surface area contributed by atoms with E-state index in [0.29, 0.717) is 58.4 Å². The molecule has 5 aliphatic heterocycles. The van der Waals surface area contributed by atoms with Gasteiger partial charge in [-0.15, -0.1) is 0 Å². The minimum absolute atomic E-state index is 0.139. The number of hydrogen-bond donors (Lipinski definition) is 0. The largest absolute Gasteiger partial charge is 0.489 e. The smallest absolute Gasteiger partial charge is 0.200 e. The topological polar surface area (TPSA) is 15.7 Å². The van der Waals surface area contributed by atoms with Crippen LogP contribution in [-0.2, 0) is 4.74 Å². The first-order valence-corrected chi connectivity index (χ1v) is 25.3. The number of fused-ring (bicyclic) bond motifs is 7. The predicted octanol–water partition coefficient (Wildman–Crippen LogP) is 12.9. The van der Waals surface area contributed by atoms with Gasteiger partial charge in [-0.05, 0) is 118 Å². The molecule has 0 amide bonds. The van der Waals surface area contributed by atoms with Gasteiger partial charge in [-0.1, -0.05) is 125 Å². The Bertz CT molecular complexity index is 2040. The van der Waals surface area contributed by atoms with E-state index >= 15 is 0 Å². The van der Waals surface area contributed by atoms with Crippen molar-refractivity contribution in [2.75, 3.05) is 0 Å². The molecule has 9 atom stereocenters. The van der Waals surface area contributed by atoms with Crippen molar-refractivity contribution >= 4 is 18.5 Å². The van der Waals surface area contributed by atoms with Crippen LogP contribution in [0.15, 0.2) is 99.9 Å². The van der Waals surface area contributed by atoms with Gasteiger partial charge in [-0.2, -0.15) is 11.8 Å². The predicted molar refractivity (Wildman–Crippen MR) is 243 cm³/mol. The van der Waals surface area contributed by atoms with Gasteiger partial charge in [0.05, 0.1) is 0 Å². The zero-order valence-electron chi connectivity index (χ0n) is 36.4. The van der Waals surface area contributed by atoms with Gasteiger partial charge in [0.1, 0.15) is 11.9 Å². The third-order valence-corrected chi connectivity index (χ3v) is 20.4. The fourth-order valence-electron chi connectivity index (χ4n) is 15.9. The van der Waals surface area contributed by atoms with E-state index in [2.05, 4.69) is 117 Å². The second-order valence-electron chi connectivity index (χ2n) is 22.5. The van der Waals surface area contributed by atoms with Crippen molar-refractivity contribution in [1.82, 2.24) is 9.80 Å². The van der Waals surface area contributed by atoms with E-state index in [4.69, 9.17) is 4.74 Å². The van der Waals surface area contributed by atoms with E-state index in [0.717, 1.165) is 25.2 Å². The zero-order valence-corrected chi connectivity index (χ0v) is 37.2. The minimum Gasteiger partial charge on any atom is -0.489 e. The Labute approximate surface area is 355 Å². The highest BCUT2D eigenvalue weighted by Crippen LogP contribution is 2.70. The summed E-state index contributed by atoms with van der Waals surface area (Å²) < 4.78 is 6.73. The van der Waals surface area contributed by atoms with Crippen LogP contribution >= 0.6 is 11.8 Å². The van der Waals surface area contributed by atoms with Gasteiger partial charge in [0.2, 0.25) is 0 Å². The molecule has 5 fully saturated rings. The lowest BCUT2D eigenvalue weighted by atomic mass is 9.26. The summed E-state index contributed by atoms with van der Waals surface area (Å²) in [5.41, 5.74) is 12.6. The Morgan fingerprint density at radius 3 is 2.48 bits per heavy atom. The van der Waals surface area contributed by atoms with Gasteiger partial charge < -0.3 is 9.64 Å². The van der Waals surface area contributed by atoms with E-state index < -0.39 is 0 Å². The summed E-state index contributed by atoms with van der Waals surface area (Å²) in [4.78, 5) is 6.46. The molecule has 12 rings (SSSR count). The minimum atomic E-state index is 0.139. The number of ether oxygens (including phenoxy) is 1. The summed E-state index contributed by atoms with van der Waals surface area (Å²) >= 11 is 2.42. The molecular weight excluding hydrogens is 723 g/mol. The normalized spacial score (nSPS) is 38.7. The average molecular weight is 793 g/mol. The fraction of sp³-hybridized carbons (Fsp3) is 0.660. The summed E-state index contributed by atoms with van der Waals surface area (Å²) in [5.74, 6) is 3.29. The number of allylic oxidation sites excluding steroid dienone is 6. The summed E-state index contributed by atoms with van der Waals surface area (Å²) in [6.07, 6.45) is 36.2. The monoisotopic (exact) mass is 793 g/mol. The Balaban J connectivity index is 1.07. The molecular formula is C53H69BN2OS. The van der Waals surface area contributed by atoms with Crippen LogP contribution in [0.25, 0.3) is 0 Å². The Morgan fingerprint density at radius 1 is 0.897 bits per heavy atom. The third-order valence-electron chi connectivity index (χ3n) is 18.7. The molecule has 9 unspecified atom stereocenters. The molecule has 306 valence electrons. The molecule has 0 bridgehead atoms. The summed E-state index contributed by atoms with van der Waals surface area (Å²) in [5, 5.41) is 1.16. The van der Waals surface area contributed by atoms with Crippen molar-refractivity contribution in [1.29, 1.82) is 0 Å². The maximum absolute atomic E-state index is 6.73. The van der Waals surface area contributed by atoms with Gasteiger partial charge in [0.25, 0.3) is 0 Å². The highest BCUT2D eigenvalue weighted by atomic mass is 32.2. The number of hydrogen-bond acceptors (Lipinski definition) is 4. The lowest BCUT2D eigenvalue weighted by Gasteiger charge is -2.62. The van der Waals surface area contributed by atoms with E-state index in [9.17, 15) is 0 Å². The SMILES string of the molecule is CC(C)(C)C1CC2=C3B(C4C=C(C5CCCCC5)C=C5C4N(C3C1)C(C)(C)C51CCCCC1)C1SC(c3ccccc3)CC1N2C1C=C2C3=C(CCC=C3)OC2CC1. The van der Waals surface area contributed by atoms with Crippen molar-refractivity contribution in [3.63, 3.8) is 0 Å². The first-order valence-electron chi connectivity index (χ1n) is 24.3. The van der Waals surface area contributed by atoms with Crippen LogP contribution < -0.4 is 0 Å². The standard InChI is InChI=1S/C53H69BN2OS/c1-51(2,3)36-29-42-48-43(30-36)56-49-40(53(52(56,4)5)25-15-8-16-26-53)27-35(33-17-9-6-10-18-33)28-41(49)54(48)50-44(32-47(58-50)34-19-11-7-12-20-34)55(42)37-23-24-46-39(31-37)38-21-13-14-22-45(38)57-46/h7,11-13,19-21,27-28,31,33,36-37,41,43-44,46-47,49-50H,6,8-10,14-18,22-26,29-30,32H2,1-5H3. The van der Waals surface area contributed by atoms with Gasteiger partial charge in [0, 0.05) is 68.8 Å². The Hall–Kier alpha value is -2.37. The highest BCUT2D eigenvalue weighted by Gasteiger charge is 2.71. The second kappa shape index (κ2) is 13.6. The lowest BCUT2D eigenvalue weighted by molar-refractivity contribution is -0.00902. The Kier molecular flexibility index (Phi) is 8.75. The Morgan fingerprint density at radius 2 is 1.69 bits per heavy atom. The second-order valence-corrected chi connectivity index (χ2v) is 23.9. The van der Waals surface area contributed by atoms with Crippen LogP contribution in [0.2, 0.25) is 5.82 Å². The van der Waals surface area contributed by atoms with Gasteiger partial charge in [-0.25, -0.2) is 0 Å². The number of rotatable bonds is 3. The average Bonchev–Trinajstić information content (AvgIpc) is 3.90. The maximum Gasteiger partial charge on any atom is 0.200 e. The molecule has 5 heteroatoms. The van der Waals surface area contributed by atoms with Crippen LogP contribution in [0.3, 0.4) is 0 Å². The highest BCUT2D eigenvalue weighted by molar-refractivity contribution is 8.02. The molecule has 0 aromatic heterocycles. The molecule has 1 spiro atoms. The molecule has 0 N–H and O–H groups in total. The van der Waals surface area contributed by atoms with Crippen molar-refractivity contribution in [3.8, 4) is 0 Å². The first kappa shape index (κ1) is 37.4. The number of benzene rings is 1. The van der Waals surface area contributed by atoms with E-state index in [1.165, 1.54) is 107 Å². The zero-order chi connectivity index (χ0) is 39.1. The van der Waals surface area contributed by atoms with Crippen molar-refractivity contribution in [2.45, 2.75) is 196 Å². The van der Waals surface area contributed by atoms with E-state index in [1.807, 2.05) is 16.7 Å². The van der Waals surface area contributed by atoms with Crippen LogP contribution in [0, 0.1) is 22.7 Å². The van der Waals surface area contributed by atoms with E-state index in [-0.39, 0.29) is 17.1 Å². The van der Waals surface area contributed by atoms with Gasteiger partial charge in [0.15, 0.2) is 6.71 Å². The van der Waals surface area contributed by atoms with Crippen LogP contribution in [-0.4, -0.2) is 57.5 Å². The molecule has 5 heterocycles. The number of thioether (sulfide) groups is 1. The molecule has 1 aromatic carbocycles. The lowest BCUT2D eigenvalue weighted by Crippen LogP contribution is -2.69.